The summed E-state index contributed by atoms with van der Waals surface area (Å²) in [5.74, 6) is -0.0107. The standard InChI is InChI=1S/C20H19IN2O3/c1-20(2,3)26-17-10-9-13(12-16(17)21)11-15-18(24)22-23(19(15)25)14-7-5-4-6-8-14/h4-12H,1-3H3,(H,22,24). The number of benzene rings is 2. The summed E-state index contributed by atoms with van der Waals surface area (Å²) >= 11 is 2.19. The summed E-state index contributed by atoms with van der Waals surface area (Å²) < 4.78 is 6.81. The van der Waals surface area contributed by atoms with Crippen molar-refractivity contribution in [2.24, 2.45) is 0 Å². The molecule has 0 spiro atoms. The maximum Gasteiger partial charge on any atom is 0.282 e. The van der Waals surface area contributed by atoms with Crippen molar-refractivity contribution in [3.05, 3.63) is 63.2 Å². The van der Waals surface area contributed by atoms with Crippen LogP contribution in [0.3, 0.4) is 0 Å². The van der Waals surface area contributed by atoms with Gasteiger partial charge in [-0.05, 0) is 79.3 Å². The van der Waals surface area contributed by atoms with Crippen molar-refractivity contribution in [3.63, 3.8) is 0 Å². The van der Waals surface area contributed by atoms with Crippen LogP contribution in [0.15, 0.2) is 54.1 Å². The van der Waals surface area contributed by atoms with Crippen LogP contribution in [-0.2, 0) is 9.59 Å². The lowest BCUT2D eigenvalue weighted by Gasteiger charge is -2.22. The first-order chi connectivity index (χ1) is 12.2. The number of hydrogen-bond acceptors (Lipinski definition) is 3. The highest BCUT2D eigenvalue weighted by Gasteiger charge is 2.34. The topological polar surface area (TPSA) is 58.6 Å². The van der Waals surface area contributed by atoms with Gasteiger partial charge in [0.15, 0.2) is 0 Å². The molecule has 1 fully saturated rings. The third-order valence-corrected chi connectivity index (χ3v) is 4.43. The summed E-state index contributed by atoms with van der Waals surface area (Å²) in [5.41, 5.74) is 3.80. The van der Waals surface area contributed by atoms with Crippen LogP contribution in [0, 0.1) is 3.57 Å². The number of hydrogen-bond donors (Lipinski definition) is 1. The molecule has 26 heavy (non-hydrogen) atoms. The molecule has 1 aliphatic rings. The van der Waals surface area contributed by atoms with Crippen LogP contribution in [-0.4, -0.2) is 17.4 Å². The van der Waals surface area contributed by atoms with Gasteiger partial charge >= 0.3 is 0 Å². The molecule has 1 heterocycles. The van der Waals surface area contributed by atoms with E-state index in [9.17, 15) is 9.59 Å². The van der Waals surface area contributed by atoms with Gasteiger partial charge in [-0.25, -0.2) is 5.01 Å². The lowest BCUT2D eigenvalue weighted by atomic mass is 10.1. The molecule has 134 valence electrons. The number of anilines is 1. The Balaban J connectivity index is 1.87. The van der Waals surface area contributed by atoms with E-state index in [-0.39, 0.29) is 17.1 Å². The molecule has 1 aliphatic heterocycles. The number of carbonyl (C=O) groups excluding carboxylic acids is 2. The maximum atomic E-state index is 12.6. The Hall–Kier alpha value is -2.35. The molecule has 2 aromatic carbocycles. The summed E-state index contributed by atoms with van der Waals surface area (Å²) in [5, 5.41) is 1.26. The van der Waals surface area contributed by atoms with Crippen molar-refractivity contribution >= 4 is 46.2 Å². The monoisotopic (exact) mass is 462 g/mol. The predicted octanol–water partition coefficient (Wildman–Crippen LogP) is 3.93. The van der Waals surface area contributed by atoms with E-state index in [4.69, 9.17) is 4.74 Å². The van der Waals surface area contributed by atoms with Crippen molar-refractivity contribution in [1.29, 1.82) is 0 Å². The van der Waals surface area contributed by atoms with Gasteiger partial charge in [0.05, 0.1) is 9.26 Å². The molecule has 3 rings (SSSR count). The third-order valence-electron chi connectivity index (χ3n) is 3.59. The smallest absolute Gasteiger partial charge is 0.282 e. The second-order valence-electron chi connectivity index (χ2n) is 6.88. The fourth-order valence-corrected chi connectivity index (χ4v) is 3.15. The number of para-hydroxylation sites is 1. The normalized spacial score (nSPS) is 16.2. The number of halogens is 1. The van der Waals surface area contributed by atoms with E-state index in [0.29, 0.717) is 5.69 Å². The van der Waals surface area contributed by atoms with E-state index < -0.39 is 5.91 Å². The first-order valence-corrected chi connectivity index (χ1v) is 9.23. The Labute approximate surface area is 166 Å². The molecular weight excluding hydrogens is 443 g/mol. The summed E-state index contributed by atoms with van der Waals surface area (Å²) in [4.78, 5) is 24.9. The van der Waals surface area contributed by atoms with Crippen LogP contribution >= 0.6 is 22.6 Å². The van der Waals surface area contributed by atoms with Crippen LogP contribution in [0.1, 0.15) is 26.3 Å². The van der Waals surface area contributed by atoms with E-state index >= 15 is 0 Å². The summed E-state index contributed by atoms with van der Waals surface area (Å²) in [6, 6.07) is 14.6. The van der Waals surface area contributed by atoms with Gasteiger partial charge in [0.2, 0.25) is 0 Å². The minimum atomic E-state index is -0.413. The molecule has 0 unspecified atom stereocenters. The van der Waals surface area contributed by atoms with E-state index in [1.54, 1.807) is 18.2 Å². The Kier molecular flexibility index (Phi) is 5.04. The fourth-order valence-electron chi connectivity index (χ4n) is 2.50. The zero-order chi connectivity index (χ0) is 18.9. The van der Waals surface area contributed by atoms with Gasteiger partial charge in [0.25, 0.3) is 11.8 Å². The predicted molar refractivity (Wildman–Crippen MR) is 110 cm³/mol. The average molecular weight is 462 g/mol. The molecule has 2 amide bonds. The molecule has 1 saturated heterocycles. The van der Waals surface area contributed by atoms with Crippen LogP contribution in [0.25, 0.3) is 6.08 Å². The highest BCUT2D eigenvalue weighted by molar-refractivity contribution is 14.1. The molecule has 6 heteroatoms. The Bertz CT molecular complexity index is 886. The van der Waals surface area contributed by atoms with Gasteiger partial charge < -0.3 is 4.74 Å². The average Bonchev–Trinajstić information content (AvgIpc) is 2.85. The van der Waals surface area contributed by atoms with Gasteiger partial charge in [-0.15, -0.1) is 0 Å². The van der Waals surface area contributed by atoms with Crippen molar-refractivity contribution in [3.8, 4) is 5.75 Å². The summed E-state index contributed by atoms with van der Waals surface area (Å²) in [6.07, 6.45) is 1.60. The number of amides is 2. The molecular formula is C20H19IN2O3. The molecule has 0 aliphatic carbocycles. The second kappa shape index (κ2) is 7.11. The molecule has 1 N–H and O–H groups in total. The van der Waals surface area contributed by atoms with Crippen LogP contribution in [0.2, 0.25) is 0 Å². The first-order valence-electron chi connectivity index (χ1n) is 8.15. The van der Waals surface area contributed by atoms with E-state index in [1.807, 2.05) is 57.2 Å². The quantitative estimate of drug-likeness (QED) is 0.428. The van der Waals surface area contributed by atoms with Crippen LogP contribution < -0.4 is 15.2 Å². The van der Waals surface area contributed by atoms with Gasteiger partial charge in [0, 0.05) is 0 Å². The number of rotatable bonds is 3. The zero-order valence-electron chi connectivity index (χ0n) is 14.7. The minimum absolute atomic E-state index is 0.106. The van der Waals surface area contributed by atoms with Crippen molar-refractivity contribution in [2.45, 2.75) is 26.4 Å². The number of nitrogens with one attached hydrogen (secondary N) is 1. The van der Waals surface area contributed by atoms with Crippen LogP contribution in [0.5, 0.6) is 5.75 Å². The maximum absolute atomic E-state index is 12.6. The van der Waals surface area contributed by atoms with Crippen LogP contribution in [0.4, 0.5) is 5.69 Å². The van der Waals surface area contributed by atoms with E-state index in [0.717, 1.165) is 14.9 Å². The second-order valence-corrected chi connectivity index (χ2v) is 8.04. The number of hydrazine groups is 1. The van der Waals surface area contributed by atoms with E-state index in [2.05, 4.69) is 28.0 Å². The largest absolute Gasteiger partial charge is 0.487 e. The molecule has 0 atom stereocenters. The number of ether oxygens (including phenoxy) is 1. The third kappa shape index (κ3) is 4.07. The van der Waals surface area contributed by atoms with Crippen molar-refractivity contribution in [1.82, 2.24) is 5.43 Å². The molecule has 0 radical (unpaired) electrons. The Morgan fingerprint density at radius 1 is 1.08 bits per heavy atom. The molecule has 5 nitrogen and oxygen atoms in total. The zero-order valence-corrected chi connectivity index (χ0v) is 16.9. The molecule has 2 aromatic rings. The van der Waals surface area contributed by atoms with Gasteiger partial charge in [-0.2, -0.15) is 0 Å². The molecule has 0 bridgehead atoms. The lowest BCUT2D eigenvalue weighted by Crippen LogP contribution is -2.35. The Morgan fingerprint density at radius 3 is 2.38 bits per heavy atom. The number of carbonyl (C=O) groups is 2. The molecule has 0 aromatic heterocycles. The highest BCUT2D eigenvalue weighted by atomic mass is 127. The first kappa shape index (κ1) is 18.4. The highest BCUT2D eigenvalue weighted by Crippen LogP contribution is 2.27. The Morgan fingerprint density at radius 2 is 1.77 bits per heavy atom. The summed E-state index contributed by atoms with van der Waals surface area (Å²) in [7, 11) is 0. The van der Waals surface area contributed by atoms with Crippen molar-refractivity contribution in [2.75, 3.05) is 5.01 Å². The van der Waals surface area contributed by atoms with Crippen molar-refractivity contribution < 1.29 is 14.3 Å². The SMILES string of the molecule is CC(C)(C)Oc1ccc(C=C2C(=O)NN(c3ccccc3)C2=O)cc1I. The number of nitrogens with zero attached hydrogens (tertiary/aromatic N) is 1. The van der Waals surface area contributed by atoms with Gasteiger partial charge in [-0.3, -0.25) is 15.0 Å². The van der Waals surface area contributed by atoms with Gasteiger partial charge in [-0.1, -0.05) is 24.3 Å². The van der Waals surface area contributed by atoms with Gasteiger partial charge in [0.1, 0.15) is 16.9 Å². The fraction of sp³-hybridized carbons (Fsp3) is 0.200. The summed E-state index contributed by atoms with van der Waals surface area (Å²) in [6.45, 7) is 5.95. The molecule has 0 saturated carbocycles. The van der Waals surface area contributed by atoms with E-state index in [1.165, 1.54) is 5.01 Å². The minimum Gasteiger partial charge on any atom is -0.487 e. The lowest BCUT2D eigenvalue weighted by molar-refractivity contribution is -0.117.